The smallest absolute Gasteiger partial charge is 0.220 e. The zero-order valence-electron chi connectivity index (χ0n) is 9.48. The quantitative estimate of drug-likeness (QED) is 0.762. The Bertz CT molecular complexity index is 335. The second-order valence-electron chi connectivity index (χ2n) is 3.65. The van der Waals surface area contributed by atoms with Gasteiger partial charge in [-0.1, -0.05) is 19.1 Å². The number of benzene rings is 1. The maximum absolute atomic E-state index is 10.5. The second kappa shape index (κ2) is 6.12. The fourth-order valence-electron chi connectivity index (χ4n) is 1.32. The van der Waals surface area contributed by atoms with Crippen LogP contribution in [0, 0.1) is 0 Å². The van der Waals surface area contributed by atoms with E-state index in [-0.39, 0.29) is 18.4 Å². The number of ether oxygens (including phenoxy) is 1. The first-order valence-corrected chi connectivity index (χ1v) is 5.40. The maximum atomic E-state index is 10.5. The SMILES string of the molecule is CC[C@@H](N)c1ccc(OCCC(N)=O)cc1. The fourth-order valence-corrected chi connectivity index (χ4v) is 1.32. The lowest BCUT2D eigenvalue weighted by Crippen LogP contribution is -2.14. The molecular weight excluding hydrogens is 204 g/mol. The predicted molar refractivity (Wildman–Crippen MR) is 63.0 cm³/mol. The average Bonchev–Trinajstić information content (AvgIpc) is 2.28. The minimum atomic E-state index is -0.357. The van der Waals surface area contributed by atoms with Crippen LogP contribution in [-0.4, -0.2) is 12.5 Å². The first-order valence-electron chi connectivity index (χ1n) is 5.40. The highest BCUT2D eigenvalue weighted by Gasteiger charge is 2.03. The van der Waals surface area contributed by atoms with Crippen molar-refractivity contribution in [2.45, 2.75) is 25.8 Å². The van der Waals surface area contributed by atoms with E-state index in [1.165, 1.54) is 0 Å². The van der Waals surface area contributed by atoms with Gasteiger partial charge in [0, 0.05) is 6.04 Å². The molecule has 0 radical (unpaired) electrons. The van der Waals surface area contributed by atoms with Crippen LogP contribution in [0.3, 0.4) is 0 Å². The van der Waals surface area contributed by atoms with Crippen LogP contribution in [0.2, 0.25) is 0 Å². The van der Waals surface area contributed by atoms with Crippen molar-refractivity contribution in [3.8, 4) is 5.75 Å². The topological polar surface area (TPSA) is 78.3 Å². The van der Waals surface area contributed by atoms with Gasteiger partial charge in [0.2, 0.25) is 5.91 Å². The van der Waals surface area contributed by atoms with Crippen LogP contribution in [0.25, 0.3) is 0 Å². The molecule has 1 aromatic carbocycles. The van der Waals surface area contributed by atoms with Crippen molar-refractivity contribution in [2.24, 2.45) is 11.5 Å². The molecule has 0 unspecified atom stereocenters. The van der Waals surface area contributed by atoms with E-state index in [0.717, 1.165) is 17.7 Å². The molecule has 4 heteroatoms. The number of primary amides is 1. The summed E-state index contributed by atoms with van der Waals surface area (Å²) < 4.78 is 5.34. The molecule has 16 heavy (non-hydrogen) atoms. The maximum Gasteiger partial charge on any atom is 0.220 e. The van der Waals surface area contributed by atoms with Crippen LogP contribution in [0.4, 0.5) is 0 Å². The molecule has 1 atom stereocenters. The Balaban J connectivity index is 2.48. The molecule has 1 amide bonds. The van der Waals surface area contributed by atoms with Gasteiger partial charge in [-0.25, -0.2) is 0 Å². The van der Waals surface area contributed by atoms with E-state index in [0.29, 0.717) is 6.61 Å². The summed E-state index contributed by atoms with van der Waals surface area (Å²) in [6, 6.07) is 7.65. The summed E-state index contributed by atoms with van der Waals surface area (Å²) in [5, 5.41) is 0. The van der Waals surface area contributed by atoms with Crippen molar-refractivity contribution >= 4 is 5.91 Å². The van der Waals surface area contributed by atoms with E-state index in [2.05, 4.69) is 0 Å². The highest BCUT2D eigenvalue weighted by molar-refractivity contribution is 5.73. The summed E-state index contributed by atoms with van der Waals surface area (Å²) in [6.45, 7) is 2.36. The van der Waals surface area contributed by atoms with Crippen LogP contribution >= 0.6 is 0 Å². The molecule has 0 aliphatic carbocycles. The van der Waals surface area contributed by atoms with E-state index in [1.807, 2.05) is 31.2 Å². The largest absolute Gasteiger partial charge is 0.493 e. The number of rotatable bonds is 6. The highest BCUT2D eigenvalue weighted by Crippen LogP contribution is 2.18. The molecule has 4 nitrogen and oxygen atoms in total. The standard InChI is InChI=1S/C12H18N2O2/c1-2-11(13)9-3-5-10(6-4-9)16-8-7-12(14)15/h3-6,11H,2,7-8,13H2,1H3,(H2,14,15)/t11-/m1/s1. The average molecular weight is 222 g/mol. The lowest BCUT2D eigenvalue weighted by molar-refractivity contribution is -0.118. The van der Waals surface area contributed by atoms with Crippen molar-refractivity contribution in [3.05, 3.63) is 29.8 Å². The van der Waals surface area contributed by atoms with E-state index in [1.54, 1.807) is 0 Å². The van der Waals surface area contributed by atoms with Gasteiger partial charge in [0.1, 0.15) is 5.75 Å². The van der Waals surface area contributed by atoms with Gasteiger partial charge in [0.15, 0.2) is 0 Å². The molecule has 4 N–H and O–H groups in total. The van der Waals surface area contributed by atoms with Gasteiger partial charge in [-0.3, -0.25) is 4.79 Å². The summed E-state index contributed by atoms with van der Waals surface area (Å²) in [5.74, 6) is 0.373. The Hall–Kier alpha value is -1.55. The Morgan fingerprint density at radius 1 is 1.38 bits per heavy atom. The molecule has 0 heterocycles. The van der Waals surface area contributed by atoms with Gasteiger partial charge in [-0.15, -0.1) is 0 Å². The Morgan fingerprint density at radius 3 is 2.50 bits per heavy atom. The van der Waals surface area contributed by atoms with Gasteiger partial charge < -0.3 is 16.2 Å². The number of hydrogen-bond donors (Lipinski definition) is 2. The number of carbonyl (C=O) groups is 1. The van der Waals surface area contributed by atoms with E-state index in [4.69, 9.17) is 16.2 Å². The molecule has 0 aliphatic heterocycles. The highest BCUT2D eigenvalue weighted by atomic mass is 16.5. The minimum absolute atomic E-state index is 0.0691. The van der Waals surface area contributed by atoms with Gasteiger partial charge in [0.25, 0.3) is 0 Å². The van der Waals surface area contributed by atoms with E-state index < -0.39 is 0 Å². The zero-order valence-corrected chi connectivity index (χ0v) is 9.48. The summed E-state index contributed by atoms with van der Waals surface area (Å²) in [4.78, 5) is 10.5. The number of carbonyl (C=O) groups excluding carboxylic acids is 1. The molecule has 0 aliphatic rings. The number of amides is 1. The Labute approximate surface area is 95.6 Å². The van der Waals surface area contributed by atoms with Gasteiger partial charge >= 0.3 is 0 Å². The molecule has 0 fully saturated rings. The minimum Gasteiger partial charge on any atom is -0.493 e. The van der Waals surface area contributed by atoms with Crippen molar-refractivity contribution in [3.63, 3.8) is 0 Å². The van der Waals surface area contributed by atoms with E-state index in [9.17, 15) is 4.79 Å². The zero-order chi connectivity index (χ0) is 12.0. The van der Waals surface area contributed by atoms with Crippen LogP contribution < -0.4 is 16.2 Å². The number of nitrogens with two attached hydrogens (primary N) is 2. The molecular formula is C12H18N2O2. The van der Waals surface area contributed by atoms with Crippen molar-refractivity contribution < 1.29 is 9.53 Å². The molecule has 0 spiro atoms. The van der Waals surface area contributed by atoms with Gasteiger partial charge in [0.05, 0.1) is 13.0 Å². The summed E-state index contributed by atoms with van der Waals surface area (Å²) >= 11 is 0. The summed E-state index contributed by atoms with van der Waals surface area (Å²) in [7, 11) is 0. The Kier molecular flexibility index (Phi) is 4.79. The van der Waals surface area contributed by atoms with Crippen LogP contribution in [0.1, 0.15) is 31.4 Å². The molecule has 88 valence electrons. The van der Waals surface area contributed by atoms with Crippen LogP contribution in [-0.2, 0) is 4.79 Å². The monoisotopic (exact) mass is 222 g/mol. The third-order valence-electron chi connectivity index (χ3n) is 2.37. The summed E-state index contributed by atoms with van der Waals surface area (Å²) in [6.07, 6.45) is 1.14. The molecule has 0 saturated heterocycles. The van der Waals surface area contributed by atoms with Crippen molar-refractivity contribution in [2.75, 3.05) is 6.61 Å². The third-order valence-corrected chi connectivity index (χ3v) is 2.37. The van der Waals surface area contributed by atoms with E-state index >= 15 is 0 Å². The number of hydrogen-bond acceptors (Lipinski definition) is 3. The lowest BCUT2D eigenvalue weighted by Gasteiger charge is -2.10. The molecule has 0 bridgehead atoms. The van der Waals surface area contributed by atoms with Crippen LogP contribution in [0.5, 0.6) is 5.75 Å². The van der Waals surface area contributed by atoms with Gasteiger partial charge in [-0.05, 0) is 24.1 Å². The van der Waals surface area contributed by atoms with Crippen molar-refractivity contribution in [1.82, 2.24) is 0 Å². The first kappa shape index (κ1) is 12.5. The lowest BCUT2D eigenvalue weighted by atomic mass is 10.1. The normalized spacial score (nSPS) is 12.1. The second-order valence-corrected chi connectivity index (χ2v) is 3.65. The Morgan fingerprint density at radius 2 is 2.00 bits per heavy atom. The predicted octanol–water partition coefficient (Wildman–Crippen LogP) is 1.35. The first-order chi connectivity index (χ1) is 7.63. The third kappa shape index (κ3) is 3.90. The molecule has 1 rings (SSSR count). The summed E-state index contributed by atoms with van der Waals surface area (Å²) in [5.41, 5.74) is 12.0. The van der Waals surface area contributed by atoms with Crippen molar-refractivity contribution in [1.29, 1.82) is 0 Å². The molecule has 1 aromatic rings. The van der Waals surface area contributed by atoms with Crippen LogP contribution in [0.15, 0.2) is 24.3 Å². The fraction of sp³-hybridized carbons (Fsp3) is 0.417. The molecule has 0 aromatic heterocycles. The molecule has 0 saturated carbocycles. The van der Waals surface area contributed by atoms with Gasteiger partial charge in [-0.2, -0.15) is 0 Å².